The number of carbonyl (C=O) groups is 1. The molecule has 8 heteroatoms. The molecule has 1 amide bonds. The maximum Gasteiger partial charge on any atom is 0.242 e. The van der Waals surface area contributed by atoms with Crippen LogP contribution in [0.2, 0.25) is 0 Å². The van der Waals surface area contributed by atoms with Gasteiger partial charge in [0, 0.05) is 24.5 Å². The van der Waals surface area contributed by atoms with Crippen molar-refractivity contribution < 1.29 is 9.53 Å². The lowest BCUT2D eigenvalue weighted by Crippen LogP contribution is -2.37. The molecule has 1 fully saturated rings. The maximum atomic E-state index is 12.3. The van der Waals surface area contributed by atoms with Crippen LogP contribution in [-0.4, -0.2) is 52.0 Å². The molecule has 134 valence electrons. The van der Waals surface area contributed by atoms with E-state index >= 15 is 0 Å². The highest BCUT2D eigenvalue weighted by molar-refractivity contribution is 5.81. The smallest absolute Gasteiger partial charge is 0.242 e. The Hall–Kier alpha value is -3.00. The number of ether oxygens (including phenoxy) is 1. The zero-order valence-corrected chi connectivity index (χ0v) is 14.3. The van der Waals surface area contributed by atoms with Crippen LogP contribution in [0.5, 0.6) is 0 Å². The Labute approximate surface area is 150 Å². The first-order valence-corrected chi connectivity index (χ1v) is 8.60. The Balaban J connectivity index is 1.37. The van der Waals surface area contributed by atoms with Crippen molar-refractivity contribution in [2.24, 2.45) is 0 Å². The van der Waals surface area contributed by atoms with Gasteiger partial charge in [-0.25, -0.2) is 9.97 Å². The lowest BCUT2D eigenvalue weighted by atomic mass is 10.2. The third-order valence-electron chi connectivity index (χ3n) is 4.36. The maximum absolute atomic E-state index is 12.3. The molecule has 3 aromatic rings. The number of hydrogen-bond acceptors (Lipinski definition) is 6. The summed E-state index contributed by atoms with van der Waals surface area (Å²) in [4.78, 5) is 23.0. The van der Waals surface area contributed by atoms with E-state index in [1.54, 1.807) is 10.9 Å². The average molecular weight is 352 g/mol. The van der Waals surface area contributed by atoms with Crippen molar-refractivity contribution in [3.8, 4) is 0 Å². The summed E-state index contributed by atoms with van der Waals surface area (Å²) in [6.45, 7) is 3.57. The molecule has 3 heterocycles. The fourth-order valence-corrected chi connectivity index (χ4v) is 2.98. The van der Waals surface area contributed by atoms with Crippen LogP contribution in [0.15, 0.2) is 42.9 Å². The zero-order valence-electron chi connectivity index (χ0n) is 14.3. The summed E-state index contributed by atoms with van der Waals surface area (Å²) in [6.07, 6.45) is 3.30. The second-order valence-electron chi connectivity index (χ2n) is 6.10. The van der Waals surface area contributed by atoms with Gasteiger partial charge >= 0.3 is 0 Å². The Morgan fingerprint density at radius 1 is 1.19 bits per heavy atom. The first-order valence-electron chi connectivity index (χ1n) is 8.60. The number of benzene rings is 1. The van der Waals surface area contributed by atoms with Crippen LogP contribution < -0.4 is 10.2 Å². The summed E-state index contributed by atoms with van der Waals surface area (Å²) in [7, 11) is 0. The number of carbonyl (C=O) groups excluding carboxylic acids is 1. The Bertz CT molecular complexity index is 903. The third kappa shape index (κ3) is 3.65. The molecule has 0 saturated carbocycles. The number of nitrogens with zero attached hydrogens (tertiary/aromatic N) is 5. The highest BCUT2D eigenvalue weighted by Crippen LogP contribution is 2.13. The van der Waals surface area contributed by atoms with Crippen LogP contribution in [0.4, 0.5) is 5.82 Å². The average Bonchev–Trinajstić information content (AvgIpc) is 3.10. The molecule has 26 heavy (non-hydrogen) atoms. The van der Waals surface area contributed by atoms with Gasteiger partial charge in [0.2, 0.25) is 5.91 Å². The van der Waals surface area contributed by atoms with Crippen molar-refractivity contribution >= 4 is 22.6 Å². The number of aromatic nitrogens is 4. The number of amides is 1. The quantitative estimate of drug-likeness (QED) is 0.737. The number of rotatable bonds is 5. The molecule has 1 aliphatic rings. The van der Waals surface area contributed by atoms with E-state index in [0.717, 1.165) is 35.5 Å². The Morgan fingerprint density at radius 2 is 2.04 bits per heavy atom. The lowest BCUT2D eigenvalue weighted by Gasteiger charge is -2.27. The molecule has 1 aromatic carbocycles. The molecule has 0 unspecified atom stereocenters. The first-order chi connectivity index (χ1) is 12.8. The lowest BCUT2D eigenvalue weighted by molar-refractivity contribution is -0.121. The number of hydrogen-bond donors (Lipinski definition) is 1. The van der Waals surface area contributed by atoms with Crippen molar-refractivity contribution in [3.05, 3.63) is 48.5 Å². The van der Waals surface area contributed by atoms with Gasteiger partial charge in [-0.2, -0.15) is 5.10 Å². The fraction of sp³-hybridized carbons (Fsp3) is 0.333. The van der Waals surface area contributed by atoms with E-state index in [4.69, 9.17) is 4.74 Å². The molecule has 0 aliphatic carbocycles. The molecule has 0 radical (unpaired) electrons. The molecule has 1 aliphatic heterocycles. The summed E-state index contributed by atoms with van der Waals surface area (Å²) < 4.78 is 7.06. The highest BCUT2D eigenvalue weighted by Gasteiger charge is 2.13. The first kappa shape index (κ1) is 16.5. The van der Waals surface area contributed by atoms with Gasteiger partial charge in [0.25, 0.3) is 0 Å². The van der Waals surface area contributed by atoms with Gasteiger partial charge in [0.05, 0.1) is 37.2 Å². The third-order valence-corrected chi connectivity index (χ3v) is 4.36. The number of anilines is 1. The predicted molar refractivity (Wildman–Crippen MR) is 96.6 cm³/mol. The standard InChI is InChI=1S/C18H20N6O2/c25-18(12-24-16-4-2-1-3-14(16)10-22-24)19-11-15-9-17(21-13-20-15)23-5-7-26-8-6-23/h1-4,9-10,13H,5-8,11-12H2,(H,19,25). The summed E-state index contributed by atoms with van der Waals surface area (Å²) >= 11 is 0. The van der Waals surface area contributed by atoms with E-state index in [1.165, 1.54) is 6.33 Å². The molecule has 2 aromatic heterocycles. The minimum absolute atomic E-state index is 0.106. The Kier molecular flexibility index (Phi) is 4.74. The van der Waals surface area contributed by atoms with Crippen molar-refractivity contribution in [1.29, 1.82) is 0 Å². The second kappa shape index (κ2) is 7.49. The highest BCUT2D eigenvalue weighted by atomic mass is 16.5. The van der Waals surface area contributed by atoms with Gasteiger partial charge < -0.3 is 15.0 Å². The van der Waals surface area contributed by atoms with Crippen LogP contribution in [0.3, 0.4) is 0 Å². The number of nitrogens with one attached hydrogen (secondary N) is 1. The molecule has 8 nitrogen and oxygen atoms in total. The SMILES string of the molecule is O=C(Cn1ncc2ccccc21)NCc1cc(N2CCOCC2)ncn1. The van der Waals surface area contributed by atoms with Gasteiger partial charge in [-0.3, -0.25) is 9.48 Å². The number of morpholine rings is 1. The molecule has 0 spiro atoms. The van der Waals surface area contributed by atoms with Gasteiger partial charge in [0.15, 0.2) is 0 Å². The molecule has 1 saturated heterocycles. The van der Waals surface area contributed by atoms with E-state index in [1.807, 2.05) is 30.3 Å². The summed E-state index contributed by atoms with van der Waals surface area (Å²) in [6, 6.07) is 9.73. The monoisotopic (exact) mass is 352 g/mol. The van der Waals surface area contributed by atoms with Crippen LogP contribution in [0.1, 0.15) is 5.69 Å². The van der Waals surface area contributed by atoms with Gasteiger partial charge in [0.1, 0.15) is 18.7 Å². The van der Waals surface area contributed by atoms with Crippen molar-refractivity contribution in [2.45, 2.75) is 13.1 Å². The molecule has 0 atom stereocenters. The number of para-hydroxylation sites is 1. The van der Waals surface area contributed by atoms with Crippen LogP contribution in [0, 0.1) is 0 Å². The van der Waals surface area contributed by atoms with Crippen LogP contribution >= 0.6 is 0 Å². The fourth-order valence-electron chi connectivity index (χ4n) is 2.98. The van der Waals surface area contributed by atoms with Crippen LogP contribution in [0.25, 0.3) is 10.9 Å². The molecule has 0 bridgehead atoms. The van der Waals surface area contributed by atoms with E-state index in [-0.39, 0.29) is 12.5 Å². The zero-order chi connectivity index (χ0) is 17.8. The molecular formula is C18H20N6O2. The largest absolute Gasteiger partial charge is 0.378 e. The van der Waals surface area contributed by atoms with Crippen molar-refractivity contribution in [3.63, 3.8) is 0 Å². The molecule has 1 N–H and O–H groups in total. The van der Waals surface area contributed by atoms with E-state index in [2.05, 4.69) is 25.3 Å². The van der Waals surface area contributed by atoms with Crippen molar-refractivity contribution in [1.82, 2.24) is 25.1 Å². The minimum Gasteiger partial charge on any atom is -0.378 e. The van der Waals surface area contributed by atoms with Gasteiger partial charge in [-0.1, -0.05) is 18.2 Å². The van der Waals surface area contributed by atoms with Gasteiger partial charge in [-0.15, -0.1) is 0 Å². The predicted octanol–water partition coefficient (Wildman–Crippen LogP) is 0.979. The second-order valence-corrected chi connectivity index (χ2v) is 6.10. The topological polar surface area (TPSA) is 85.2 Å². The van der Waals surface area contributed by atoms with E-state index in [0.29, 0.717) is 19.8 Å². The van der Waals surface area contributed by atoms with E-state index in [9.17, 15) is 4.79 Å². The van der Waals surface area contributed by atoms with Gasteiger partial charge in [-0.05, 0) is 6.07 Å². The van der Waals surface area contributed by atoms with Crippen LogP contribution in [-0.2, 0) is 22.6 Å². The molecular weight excluding hydrogens is 332 g/mol. The Morgan fingerprint density at radius 3 is 2.92 bits per heavy atom. The normalized spacial score (nSPS) is 14.5. The minimum atomic E-state index is -0.106. The summed E-state index contributed by atoms with van der Waals surface area (Å²) in [5.41, 5.74) is 1.72. The molecule has 4 rings (SSSR count). The van der Waals surface area contributed by atoms with E-state index < -0.39 is 0 Å². The summed E-state index contributed by atoms with van der Waals surface area (Å²) in [5.74, 6) is 0.760. The number of fused-ring (bicyclic) bond motifs is 1. The van der Waals surface area contributed by atoms with Crippen molar-refractivity contribution in [2.75, 3.05) is 31.2 Å². The summed E-state index contributed by atoms with van der Waals surface area (Å²) in [5, 5.41) is 8.20.